The van der Waals surface area contributed by atoms with Gasteiger partial charge in [0, 0.05) is 18.2 Å². The standard InChI is InChI=1S/C20H20F3NO2/c21-20(22,23)15-3-1-2-14(12-15)17-8-9-18(26-17)19(25)24-11-10-13-4-6-16(24)7-5-13/h1-3,8-9,12-13,16H,4-7,10-11H2. The quantitative estimate of drug-likeness (QED) is 0.719. The first-order chi connectivity index (χ1) is 12.4. The molecule has 1 aromatic carbocycles. The largest absolute Gasteiger partial charge is 0.451 e. The summed E-state index contributed by atoms with van der Waals surface area (Å²) in [7, 11) is 0. The Morgan fingerprint density at radius 3 is 2.54 bits per heavy atom. The van der Waals surface area contributed by atoms with Crippen molar-refractivity contribution in [3.63, 3.8) is 0 Å². The van der Waals surface area contributed by atoms with Crippen LogP contribution >= 0.6 is 0 Å². The molecule has 0 N–H and O–H groups in total. The van der Waals surface area contributed by atoms with E-state index in [2.05, 4.69) is 0 Å². The van der Waals surface area contributed by atoms with Gasteiger partial charge in [0.25, 0.3) is 5.91 Å². The minimum absolute atomic E-state index is 0.157. The van der Waals surface area contributed by atoms with E-state index in [9.17, 15) is 18.0 Å². The maximum atomic E-state index is 12.9. The van der Waals surface area contributed by atoms with Crippen LogP contribution in [0.3, 0.4) is 0 Å². The van der Waals surface area contributed by atoms with E-state index < -0.39 is 11.7 Å². The number of rotatable bonds is 2. The number of fused-ring (bicyclic) bond motifs is 4. The number of nitrogens with zero attached hydrogens (tertiary/aromatic N) is 1. The average Bonchev–Trinajstić information content (AvgIpc) is 2.94. The second kappa shape index (κ2) is 6.49. The van der Waals surface area contributed by atoms with Crippen molar-refractivity contribution in [2.24, 2.45) is 5.92 Å². The summed E-state index contributed by atoms with van der Waals surface area (Å²) in [4.78, 5) is 14.8. The first-order valence-electron chi connectivity index (χ1n) is 9.00. The van der Waals surface area contributed by atoms with Crippen LogP contribution in [0.15, 0.2) is 40.8 Å². The number of halogens is 3. The van der Waals surface area contributed by atoms with Gasteiger partial charge in [-0.05, 0) is 62.3 Å². The highest BCUT2D eigenvalue weighted by atomic mass is 19.4. The van der Waals surface area contributed by atoms with Crippen LogP contribution in [0.5, 0.6) is 0 Å². The molecule has 6 heteroatoms. The van der Waals surface area contributed by atoms with Crippen LogP contribution in [0.25, 0.3) is 11.3 Å². The minimum Gasteiger partial charge on any atom is -0.451 e. The molecule has 3 fully saturated rings. The van der Waals surface area contributed by atoms with Gasteiger partial charge in [-0.2, -0.15) is 13.2 Å². The Kier molecular flexibility index (Phi) is 4.29. The number of carbonyl (C=O) groups excluding carboxylic acids is 1. The predicted molar refractivity (Wildman–Crippen MR) is 90.5 cm³/mol. The van der Waals surface area contributed by atoms with Crippen LogP contribution in [0, 0.1) is 5.92 Å². The number of hydrogen-bond acceptors (Lipinski definition) is 2. The fraction of sp³-hybridized carbons (Fsp3) is 0.450. The lowest BCUT2D eigenvalue weighted by atomic mass is 9.86. The SMILES string of the molecule is O=C(c1ccc(-c2cccc(C(F)(F)F)c2)o1)N1CCC2CCC1CC2. The topological polar surface area (TPSA) is 33.5 Å². The third kappa shape index (κ3) is 3.24. The van der Waals surface area contributed by atoms with Gasteiger partial charge in [0.2, 0.25) is 0 Å². The molecule has 3 heterocycles. The fourth-order valence-electron chi connectivity index (χ4n) is 4.12. The second-order valence-electron chi connectivity index (χ2n) is 7.20. The third-order valence-electron chi connectivity index (χ3n) is 5.59. The van der Waals surface area contributed by atoms with Crippen molar-refractivity contribution < 1.29 is 22.4 Å². The zero-order chi connectivity index (χ0) is 18.3. The van der Waals surface area contributed by atoms with E-state index in [4.69, 9.17) is 4.42 Å². The molecule has 0 atom stereocenters. The zero-order valence-electron chi connectivity index (χ0n) is 14.3. The summed E-state index contributed by atoms with van der Waals surface area (Å²) in [5.74, 6) is 1.03. The lowest BCUT2D eigenvalue weighted by Crippen LogP contribution is -2.39. The van der Waals surface area contributed by atoms with Gasteiger partial charge in [0.15, 0.2) is 5.76 Å². The Hall–Kier alpha value is -2.24. The predicted octanol–water partition coefficient (Wildman–Crippen LogP) is 5.37. The Balaban J connectivity index is 1.57. The first kappa shape index (κ1) is 17.2. The summed E-state index contributed by atoms with van der Waals surface area (Å²) in [6.07, 6.45) is 0.995. The lowest BCUT2D eigenvalue weighted by molar-refractivity contribution is -0.137. The van der Waals surface area contributed by atoms with Gasteiger partial charge >= 0.3 is 6.18 Å². The maximum absolute atomic E-state index is 12.9. The van der Waals surface area contributed by atoms with Crippen LogP contribution in [-0.2, 0) is 6.18 Å². The average molecular weight is 363 g/mol. The monoisotopic (exact) mass is 363 g/mol. The molecule has 1 saturated carbocycles. The number of carbonyl (C=O) groups is 1. The molecule has 138 valence electrons. The second-order valence-corrected chi connectivity index (χ2v) is 7.20. The van der Waals surface area contributed by atoms with Crippen LogP contribution in [0.1, 0.15) is 48.2 Å². The molecular formula is C20H20F3NO2. The summed E-state index contributed by atoms with van der Waals surface area (Å²) < 4.78 is 44.3. The molecule has 2 aliphatic heterocycles. The van der Waals surface area contributed by atoms with E-state index in [1.165, 1.54) is 18.9 Å². The lowest BCUT2D eigenvalue weighted by Gasteiger charge is -2.30. The van der Waals surface area contributed by atoms with Crippen molar-refractivity contribution in [3.8, 4) is 11.3 Å². The van der Waals surface area contributed by atoms with Crippen molar-refractivity contribution >= 4 is 5.91 Å². The Labute approximate surface area is 149 Å². The highest BCUT2D eigenvalue weighted by Crippen LogP contribution is 2.36. The summed E-state index contributed by atoms with van der Waals surface area (Å²) in [5.41, 5.74) is -0.417. The van der Waals surface area contributed by atoms with E-state index in [0.717, 1.165) is 37.9 Å². The normalized spacial score (nSPS) is 23.1. The highest BCUT2D eigenvalue weighted by molar-refractivity contribution is 5.92. The molecule has 1 aromatic heterocycles. The maximum Gasteiger partial charge on any atom is 0.416 e. The van der Waals surface area contributed by atoms with E-state index in [-0.39, 0.29) is 23.5 Å². The number of amides is 1. The molecule has 2 saturated heterocycles. The Bertz CT molecular complexity index is 803. The van der Waals surface area contributed by atoms with Crippen molar-refractivity contribution in [1.82, 2.24) is 4.90 Å². The molecule has 1 amide bonds. The van der Waals surface area contributed by atoms with Crippen LogP contribution in [0.2, 0.25) is 0 Å². The number of furan rings is 1. The molecule has 0 spiro atoms. The van der Waals surface area contributed by atoms with Gasteiger partial charge in [-0.1, -0.05) is 12.1 Å². The smallest absolute Gasteiger partial charge is 0.416 e. The first-order valence-corrected chi connectivity index (χ1v) is 9.00. The van der Waals surface area contributed by atoms with Gasteiger partial charge in [0.1, 0.15) is 5.76 Å². The number of benzene rings is 1. The molecule has 3 nitrogen and oxygen atoms in total. The van der Waals surface area contributed by atoms with Gasteiger partial charge in [0.05, 0.1) is 5.56 Å². The summed E-state index contributed by atoms with van der Waals surface area (Å²) >= 11 is 0. The van der Waals surface area contributed by atoms with E-state index in [1.54, 1.807) is 18.2 Å². The molecule has 0 unspecified atom stereocenters. The molecular weight excluding hydrogens is 343 g/mol. The van der Waals surface area contributed by atoms with Crippen molar-refractivity contribution in [2.75, 3.05) is 6.54 Å². The Morgan fingerprint density at radius 1 is 1.04 bits per heavy atom. The molecule has 2 bridgehead atoms. The summed E-state index contributed by atoms with van der Waals surface area (Å²) in [6.45, 7) is 0.730. The van der Waals surface area contributed by atoms with Gasteiger partial charge in [-0.3, -0.25) is 4.79 Å². The minimum atomic E-state index is -4.41. The van der Waals surface area contributed by atoms with Crippen molar-refractivity contribution in [1.29, 1.82) is 0 Å². The van der Waals surface area contributed by atoms with E-state index in [1.807, 2.05) is 4.90 Å². The van der Waals surface area contributed by atoms with Crippen molar-refractivity contribution in [2.45, 2.75) is 44.3 Å². The summed E-state index contributed by atoms with van der Waals surface area (Å²) in [5, 5.41) is 0. The summed E-state index contributed by atoms with van der Waals surface area (Å²) in [6, 6.07) is 8.34. The van der Waals surface area contributed by atoms with Crippen molar-refractivity contribution in [3.05, 3.63) is 47.7 Å². The van der Waals surface area contributed by atoms with Crippen LogP contribution in [0.4, 0.5) is 13.2 Å². The van der Waals surface area contributed by atoms with Gasteiger partial charge in [-0.25, -0.2) is 0 Å². The van der Waals surface area contributed by atoms with Gasteiger partial charge < -0.3 is 9.32 Å². The van der Waals surface area contributed by atoms with Gasteiger partial charge in [-0.15, -0.1) is 0 Å². The van der Waals surface area contributed by atoms with Crippen LogP contribution in [-0.4, -0.2) is 23.4 Å². The highest BCUT2D eigenvalue weighted by Gasteiger charge is 2.34. The molecule has 5 rings (SSSR count). The molecule has 3 aliphatic rings. The molecule has 0 radical (unpaired) electrons. The van der Waals surface area contributed by atoms with Crippen LogP contribution < -0.4 is 0 Å². The van der Waals surface area contributed by atoms with E-state index >= 15 is 0 Å². The fourth-order valence-corrected chi connectivity index (χ4v) is 4.12. The zero-order valence-corrected chi connectivity index (χ0v) is 14.3. The molecule has 1 aliphatic carbocycles. The van der Waals surface area contributed by atoms with E-state index in [0.29, 0.717) is 11.5 Å². The third-order valence-corrected chi connectivity index (χ3v) is 5.59. The number of alkyl halides is 3. The molecule has 26 heavy (non-hydrogen) atoms. The molecule has 2 aromatic rings. The number of hydrogen-bond donors (Lipinski definition) is 0. The Morgan fingerprint density at radius 2 is 1.81 bits per heavy atom.